The fraction of sp³-hybridized carbons (Fsp3) is 0.250. The van der Waals surface area contributed by atoms with E-state index in [0.29, 0.717) is 0 Å². The molecule has 2 N–H and O–H groups in total. The minimum absolute atomic E-state index is 0.0188. The first-order valence-electron chi connectivity index (χ1n) is 5.56. The lowest BCUT2D eigenvalue weighted by atomic mass is 10.1. The van der Waals surface area contributed by atoms with E-state index in [1.807, 2.05) is 37.3 Å². The van der Waals surface area contributed by atoms with Crippen LogP contribution < -0.4 is 5.69 Å². The summed E-state index contributed by atoms with van der Waals surface area (Å²) < 4.78 is 0. The van der Waals surface area contributed by atoms with Crippen molar-refractivity contribution in [3.05, 3.63) is 52.2 Å². The van der Waals surface area contributed by atoms with E-state index in [4.69, 9.17) is 0 Å². The molecule has 6 heteroatoms. The summed E-state index contributed by atoms with van der Waals surface area (Å²) in [6.07, 6.45) is 0. The van der Waals surface area contributed by atoms with E-state index in [0.717, 1.165) is 5.56 Å². The normalized spacial score (nSPS) is 12.1. The third-order valence-electron chi connectivity index (χ3n) is 2.89. The summed E-state index contributed by atoms with van der Waals surface area (Å²) in [7, 11) is 1.67. The molecule has 1 aromatic heterocycles. The average molecular weight is 246 g/mol. The van der Waals surface area contributed by atoms with Crippen LogP contribution in [0.5, 0.6) is 0 Å². The zero-order valence-corrected chi connectivity index (χ0v) is 10.2. The van der Waals surface area contributed by atoms with E-state index in [2.05, 4.69) is 15.2 Å². The van der Waals surface area contributed by atoms with Crippen LogP contribution >= 0.6 is 0 Å². The van der Waals surface area contributed by atoms with Gasteiger partial charge in [0.15, 0.2) is 0 Å². The molecule has 0 saturated carbocycles. The van der Waals surface area contributed by atoms with E-state index >= 15 is 0 Å². The van der Waals surface area contributed by atoms with Crippen molar-refractivity contribution < 1.29 is 4.79 Å². The predicted octanol–water partition coefficient (Wildman–Crippen LogP) is 0.931. The fourth-order valence-corrected chi connectivity index (χ4v) is 1.67. The highest BCUT2D eigenvalue weighted by atomic mass is 16.2. The Kier molecular flexibility index (Phi) is 3.27. The largest absolute Gasteiger partial charge is 0.341 e. The lowest BCUT2D eigenvalue weighted by Gasteiger charge is -2.24. The summed E-state index contributed by atoms with van der Waals surface area (Å²) in [5, 5.41) is 5.80. The summed E-state index contributed by atoms with van der Waals surface area (Å²) in [5.41, 5.74) is 0.533. The number of amides is 1. The monoisotopic (exact) mass is 246 g/mol. The zero-order valence-electron chi connectivity index (χ0n) is 10.2. The summed E-state index contributed by atoms with van der Waals surface area (Å²) in [6, 6.07) is 9.55. The molecule has 1 aromatic carbocycles. The highest BCUT2D eigenvalue weighted by Gasteiger charge is 2.21. The Labute approximate surface area is 104 Å². The number of nitrogens with one attached hydrogen (secondary N) is 2. The third-order valence-corrected chi connectivity index (χ3v) is 2.89. The summed E-state index contributed by atoms with van der Waals surface area (Å²) in [4.78, 5) is 26.8. The first-order chi connectivity index (χ1) is 8.59. The first kappa shape index (κ1) is 12.1. The number of nitrogens with zero attached hydrogens (tertiary/aromatic N) is 2. The van der Waals surface area contributed by atoms with Crippen molar-refractivity contribution in [2.75, 3.05) is 7.05 Å². The van der Waals surface area contributed by atoms with E-state index in [1.165, 1.54) is 4.90 Å². The summed E-state index contributed by atoms with van der Waals surface area (Å²) in [6.45, 7) is 1.91. The van der Waals surface area contributed by atoms with Gasteiger partial charge in [0, 0.05) is 7.05 Å². The second-order valence-corrected chi connectivity index (χ2v) is 4.03. The van der Waals surface area contributed by atoms with Crippen LogP contribution in [0.25, 0.3) is 0 Å². The number of H-pyrrole nitrogens is 2. The lowest BCUT2D eigenvalue weighted by Crippen LogP contribution is -2.30. The van der Waals surface area contributed by atoms with Gasteiger partial charge in [-0.3, -0.25) is 9.78 Å². The first-order valence-corrected chi connectivity index (χ1v) is 5.56. The number of benzene rings is 1. The molecule has 1 atom stereocenters. The Morgan fingerprint density at radius 2 is 2.00 bits per heavy atom. The van der Waals surface area contributed by atoms with Crippen molar-refractivity contribution in [1.29, 1.82) is 0 Å². The fourth-order valence-electron chi connectivity index (χ4n) is 1.67. The Hall–Kier alpha value is -2.37. The van der Waals surface area contributed by atoms with Crippen LogP contribution in [0.1, 0.15) is 29.1 Å². The molecule has 0 aliphatic heterocycles. The maximum absolute atomic E-state index is 12.0. The highest BCUT2D eigenvalue weighted by Crippen LogP contribution is 2.18. The van der Waals surface area contributed by atoms with Gasteiger partial charge in [0.1, 0.15) is 0 Å². The van der Waals surface area contributed by atoms with Crippen LogP contribution in [-0.4, -0.2) is 33.0 Å². The number of rotatable bonds is 3. The topological polar surface area (TPSA) is 81.8 Å². The van der Waals surface area contributed by atoms with Gasteiger partial charge in [-0.05, 0) is 12.5 Å². The van der Waals surface area contributed by atoms with Crippen LogP contribution in [0.2, 0.25) is 0 Å². The molecule has 94 valence electrons. The van der Waals surface area contributed by atoms with Gasteiger partial charge in [0.25, 0.3) is 5.91 Å². The van der Waals surface area contributed by atoms with Crippen molar-refractivity contribution in [3.63, 3.8) is 0 Å². The van der Waals surface area contributed by atoms with Crippen molar-refractivity contribution >= 4 is 5.91 Å². The molecule has 0 saturated heterocycles. The van der Waals surface area contributed by atoms with Gasteiger partial charge < -0.3 is 4.90 Å². The molecule has 6 nitrogen and oxygen atoms in total. The summed E-state index contributed by atoms with van der Waals surface area (Å²) >= 11 is 0. The molecule has 0 fully saturated rings. The van der Waals surface area contributed by atoms with Crippen LogP contribution in [0.4, 0.5) is 0 Å². The van der Waals surface area contributed by atoms with Crippen LogP contribution in [0.15, 0.2) is 35.1 Å². The van der Waals surface area contributed by atoms with Gasteiger partial charge in [0.2, 0.25) is 5.82 Å². The molecule has 2 rings (SSSR count). The number of aromatic amines is 2. The SMILES string of the molecule is C[C@H](c1ccccc1)N(C)C(=O)c1n[nH]c(=O)[nH]1. The highest BCUT2D eigenvalue weighted by molar-refractivity contribution is 5.90. The molecular formula is C12H14N4O2. The molecule has 2 aromatic rings. The molecule has 0 aliphatic rings. The quantitative estimate of drug-likeness (QED) is 0.845. The smallest absolute Gasteiger partial charge is 0.332 e. The van der Waals surface area contributed by atoms with Gasteiger partial charge in [-0.1, -0.05) is 30.3 Å². The number of carbonyl (C=O) groups excluding carboxylic acids is 1. The maximum Gasteiger partial charge on any atom is 0.341 e. The molecular weight excluding hydrogens is 232 g/mol. The molecule has 18 heavy (non-hydrogen) atoms. The summed E-state index contributed by atoms with van der Waals surface area (Å²) in [5.74, 6) is -0.310. The number of hydrogen-bond acceptors (Lipinski definition) is 3. The predicted molar refractivity (Wildman–Crippen MR) is 66.2 cm³/mol. The molecule has 0 spiro atoms. The van der Waals surface area contributed by atoms with Gasteiger partial charge in [-0.15, -0.1) is 5.10 Å². The second-order valence-electron chi connectivity index (χ2n) is 4.03. The Morgan fingerprint density at radius 3 is 2.56 bits per heavy atom. The van der Waals surface area contributed by atoms with E-state index < -0.39 is 5.69 Å². The number of aromatic nitrogens is 3. The molecule has 0 unspecified atom stereocenters. The van der Waals surface area contributed by atoms with Gasteiger partial charge in [0.05, 0.1) is 6.04 Å². The maximum atomic E-state index is 12.0. The Balaban J connectivity index is 2.19. The zero-order chi connectivity index (χ0) is 13.1. The van der Waals surface area contributed by atoms with E-state index in [-0.39, 0.29) is 17.8 Å². The van der Waals surface area contributed by atoms with Crippen LogP contribution in [-0.2, 0) is 0 Å². The van der Waals surface area contributed by atoms with Crippen molar-refractivity contribution in [2.45, 2.75) is 13.0 Å². The molecule has 0 bridgehead atoms. The van der Waals surface area contributed by atoms with Crippen LogP contribution in [0, 0.1) is 0 Å². The van der Waals surface area contributed by atoms with E-state index in [9.17, 15) is 9.59 Å². The number of hydrogen-bond donors (Lipinski definition) is 2. The number of carbonyl (C=O) groups is 1. The average Bonchev–Trinajstić information content (AvgIpc) is 2.84. The Bertz CT molecular complexity index is 587. The minimum Gasteiger partial charge on any atom is -0.332 e. The minimum atomic E-state index is -0.487. The molecule has 0 radical (unpaired) electrons. The van der Waals surface area contributed by atoms with Crippen molar-refractivity contribution in [2.24, 2.45) is 0 Å². The lowest BCUT2D eigenvalue weighted by molar-refractivity contribution is 0.0730. The van der Waals surface area contributed by atoms with Gasteiger partial charge in [-0.2, -0.15) is 0 Å². The molecule has 1 heterocycles. The molecule has 1 amide bonds. The van der Waals surface area contributed by atoms with Gasteiger partial charge >= 0.3 is 5.69 Å². The molecule has 0 aliphatic carbocycles. The third kappa shape index (κ3) is 2.32. The van der Waals surface area contributed by atoms with Crippen molar-refractivity contribution in [3.8, 4) is 0 Å². The second kappa shape index (κ2) is 4.87. The van der Waals surface area contributed by atoms with Crippen molar-refractivity contribution in [1.82, 2.24) is 20.1 Å². The van der Waals surface area contributed by atoms with Gasteiger partial charge in [-0.25, -0.2) is 9.89 Å². The van der Waals surface area contributed by atoms with E-state index in [1.54, 1.807) is 7.05 Å². The standard InChI is InChI=1S/C12H14N4O2/c1-8(9-6-4-3-5-7-9)16(2)11(17)10-13-12(18)15-14-10/h3-8H,1-2H3,(H2,13,14,15,18)/t8-/m1/s1. The Morgan fingerprint density at radius 1 is 1.33 bits per heavy atom. The van der Waals surface area contributed by atoms with Crippen LogP contribution in [0.3, 0.4) is 0 Å².